The van der Waals surface area contributed by atoms with E-state index in [2.05, 4.69) is 37.9 Å². The number of hydrogen-bond donors (Lipinski definition) is 2. The van der Waals surface area contributed by atoms with Crippen molar-refractivity contribution in [2.75, 3.05) is 5.75 Å². The Hall–Kier alpha value is -1.08. The summed E-state index contributed by atoms with van der Waals surface area (Å²) in [5.74, 6) is 0.0140. The van der Waals surface area contributed by atoms with Gasteiger partial charge in [-0.1, -0.05) is 39.5 Å². The highest BCUT2D eigenvalue weighted by atomic mass is 32.2. The van der Waals surface area contributed by atoms with Gasteiger partial charge in [0, 0.05) is 6.54 Å². The Morgan fingerprint density at radius 1 is 1.30 bits per heavy atom. The Labute approximate surface area is 122 Å². The van der Waals surface area contributed by atoms with Crippen LogP contribution in [0.4, 0.5) is 0 Å². The summed E-state index contributed by atoms with van der Waals surface area (Å²) >= 11 is 1.14. The van der Waals surface area contributed by atoms with Crippen LogP contribution in [-0.2, 0) is 17.9 Å². The molecule has 1 fully saturated rings. The third-order valence-electron chi connectivity index (χ3n) is 4.94. The molecule has 0 spiro atoms. The number of rotatable bonds is 6. The first-order valence-electron chi connectivity index (χ1n) is 6.59. The lowest BCUT2D eigenvalue weighted by atomic mass is 10.0. The summed E-state index contributed by atoms with van der Waals surface area (Å²) in [4.78, 5) is 10.7. The van der Waals surface area contributed by atoms with Gasteiger partial charge in [-0.05, 0) is 16.7 Å². The number of carboxylic acid groups (broad SMARTS) is 1. The van der Waals surface area contributed by atoms with E-state index in [0.29, 0.717) is 23.4 Å². The van der Waals surface area contributed by atoms with E-state index in [0.717, 1.165) is 11.8 Å². The van der Waals surface area contributed by atoms with Gasteiger partial charge in [0.15, 0.2) is 11.0 Å². The maximum Gasteiger partial charge on any atom is 0.313 e. The molecule has 0 aliphatic heterocycles. The van der Waals surface area contributed by atoms with Crippen molar-refractivity contribution in [3.05, 3.63) is 5.82 Å². The second-order valence-corrected chi connectivity index (χ2v) is 7.29. The summed E-state index contributed by atoms with van der Waals surface area (Å²) in [5.41, 5.74) is 0.442. The van der Waals surface area contributed by atoms with Gasteiger partial charge in [-0.25, -0.2) is 0 Å². The highest BCUT2D eigenvalue weighted by molar-refractivity contribution is 7.99. The molecule has 112 valence electrons. The summed E-state index contributed by atoms with van der Waals surface area (Å²) in [6.45, 7) is 9.43. The molecule has 2 rings (SSSR count). The van der Waals surface area contributed by atoms with Gasteiger partial charge in [0.05, 0.1) is 5.75 Å². The largest absolute Gasteiger partial charge is 0.481 e. The van der Waals surface area contributed by atoms with Gasteiger partial charge in [-0.15, -0.1) is 10.2 Å². The maximum absolute atomic E-state index is 10.7. The number of carboxylic acids is 1. The van der Waals surface area contributed by atoms with E-state index in [1.54, 1.807) is 0 Å². The molecule has 0 bridgehead atoms. The Morgan fingerprint density at radius 2 is 1.90 bits per heavy atom. The molecule has 1 aromatic heterocycles. The zero-order valence-corrected chi connectivity index (χ0v) is 13.1. The minimum atomic E-state index is -0.887. The van der Waals surface area contributed by atoms with Crippen molar-refractivity contribution in [3.63, 3.8) is 0 Å². The van der Waals surface area contributed by atoms with Crippen LogP contribution in [0.25, 0.3) is 0 Å². The first-order valence-corrected chi connectivity index (χ1v) is 7.58. The fourth-order valence-corrected chi connectivity index (χ4v) is 3.51. The first-order chi connectivity index (χ1) is 9.21. The van der Waals surface area contributed by atoms with Crippen LogP contribution in [0.1, 0.15) is 33.5 Å². The molecule has 1 heterocycles. The standard InChI is InChI=1S/C13H21N3O3S/c1-12(2)8(13(12,3)4)5-16-9(6-17)14-15-11(16)20-7-10(18)19/h8,17H,5-7H2,1-4H3,(H,18,19). The monoisotopic (exact) mass is 299 g/mol. The average molecular weight is 299 g/mol. The van der Waals surface area contributed by atoms with Crippen LogP contribution in [0, 0.1) is 16.7 Å². The van der Waals surface area contributed by atoms with E-state index in [1.807, 2.05) is 4.57 Å². The molecule has 6 nitrogen and oxygen atoms in total. The van der Waals surface area contributed by atoms with Gasteiger partial charge in [0.25, 0.3) is 0 Å². The predicted molar refractivity (Wildman–Crippen MR) is 75.4 cm³/mol. The van der Waals surface area contributed by atoms with E-state index < -0.39 is 5.97 Å². The number of aliphatic carboxylic acids is 1. The van der Waals surface area contributed by atoms with Crippen molar-refractivity contribution in [2.24, 2.45) is 16.7 Å². The van der Waals surface area contributed by atoms with Gasteiger partial charge >= 0.3 is 5.97 Å². The lowest BCUT2D eigenvalue weighted by Gasteiger charge is -2.09. The number of nitrogens with zero attached hydrogens (tertiary/aromatic N) is 3. The minimum Gasteiger partial charge on any atom is -0.481 e. The Morgan fingerprint density at radius 3 is 2.35 bits per heavy atom. The zero-order chi connectivity index (χ0) is 15.1. The topological polar surface area (TPSA) is 88.2 Å². The predicted octanol–water partition coefficient (Wildman–Crippen LogP) is 1.63. The molecule has 20 heavy (non-hydrogen) atoms. The molecule has 0 radical (unpaired) electrons. The molecule has 0 unspecified atom stereocenters. The molecule has 0 amide bonds. The van der Waals surface area contributed by atoms with E-state index >= 15 is 0 Å². The maximum atomic E-state index is 10.7. The lowest BCUT2D eigenvalue weighted by molar-refractivity contribution is -0.133. The van der Waals surface area contributed by atoms with Crippen molar-refractivity contribution in [2.45, 2.75) is 46.0 Å². The van der Waals surface area contributed by atoms with Gasteiger partial charge in [0.1, 0.15) is 6.61 Å². The van der Waals surface area contributed by atoms with Crippen molar-refractivity contribution in [1.82, 2.24) is 14.8 Å². The first kappa shape index (κ1) is 15.3. The van der Waals surface area contributed by atoms with Crippen molar-refractivity contribution in [3.8, 4) is 0 Å². The number of carbonyl (C=O) groups is 1. The van der Waals surface area contributed by atoms with E-state index in [9.17, 15) is 9.90 Å². The van der Waals surface area contributed by atoms with Crippen molar-refractivity contribution < 1.29 is 15.0 Å². The average Bonchev–Trinajstić information content (AvgIpc) is 2.66. The summed E-state index contributed by atoms with van der Waals surface area (Å²) in [5, 5.41) is 26.6. The molecular formula is C13H21N3O3S. The molecule has 0 aromatic carbocycles. The van der Waals surface area contributed by atoms with Crippen LogP contribution >= 0.6 is 11.8 Å². The minimum absolute atomic E-state index is 0.0545. The van der Waals surface area contributed by atoms with Gasteiger partial charge in [0.2, 0.25) is 0 Å². The summed E-state index contributed by atoms with van der Waals surface area (Å²) in [7, 11) is 0. The summed E-state index contributed by atoms with van der Waals surface area (Å²) in [6.07, 6.45) is 0. The highest BCUT2D eigenvalue weighted by Gasteiger charge is 2.64. The Kier molecular flexibility index (Phi) is 3.85. The van der Waals surface area contributed by atoms with E-state index in [-0.39, 0.29) is 23.2 Å². The van der Waals surface area contributed by atoms with Gasteiger partial charge in [-0.3, -0.25) is 4.79 Å². The molecule has 1 aromatic rings. The van der Waals surface area contributed by atoms with Crippen LogP contribution < -0.4 is 0 Å². The number of aromatic nitrogens is 3. The quantitative estimate of drug-likeness (QED) is 0.776. The molecule has 0 atom stereocenters. The Bertz CT molecular complexity index is 511. The molecular weight excluding hydrogens is 278 g/mol. The normalized spacial score (nSPS) is 20.1. The SMILES string of the molecule is CC1(C)C(Cn2c(CO)nnc2SCC(=O)O)C1(C)C. The van der Waals surface area contributed by atoms with Crippen molar-refractivity contribution in [1.29, 1.82) is 0 Å². The molecule has 2 N–H and O–H groups in total. The highest BCUT2D eigenvalue weighted by Crippen LogP contribution is 2.69. The second-order valence-electron chi connectivity index (χ2n) is 6.35. The number of aliphatic hydroxyl groups is 1. The number of thioether (sulfide) groups is 1. The zero-order valence-electron chi connectivity index (χ0n) is 12.3. The molecule has 1 aliphatic carbocycles. The molecule has 1 aliphatic rings. The fourth-order valence-electron chi connectivity index (χ4n) is 2.82. The lowest BCUT2D eigenvalue weighted by Crippen LogP contribution is -2.11. The summed E-state index contributed by atoms with van der Waals surface area (Å²) < 4.78 is 1.86. The van der Waals surface area contributed by atoms with Crippen LogP contribution in [0.2, 0.25) is 0 Å². The van der Waals surface area contributed by atoms with Crippen molar-refractivity contribution >= 4 is 17.7 Å². The summed E-state index contributed by atoms with van der Waals surface area (Å²) in [6, 6.07) is 0. The second kappa shape index (κ2) is 5.04. The van der Waals surface area contributed by atoms with Crippen LogP contribution in [0.3, 0.4) is 0 Å². The molecule has 0 saturated heterocycles. The fraction of sp³-hybridized carbons (Fsp3) is 0.769. The third kappa shape index (κ3) is 2.44. The molecule has 7 heteroatoms. The smallest absolute Gasteiger partial charge is 0.313 e. The number of aliphatic hydroxyl groups excluding tert-OH is 1. The van der Waals surface area contributed by atoms with E-state index in [1.165, 1.54) is 0 Å². The third-order valence-corrected chi connectivity index (χ3v) is 5.90. The van der Waals surface area contributed by atoms with Crippen LogP contribution in [-0.4, -0.2) is 36.7 Å². The molecule has 1 saturated carbocycles. The van der Waals surface area contributed by atoms with Gasteiger partial charge in [-0.2, -0.15) is 0 Å². The Balaban J connectivity index is 2.18. The van der Waals surface area contributed by atoms with Crippen LogP contribution in [0.15, 0.2) is 5.16 Å². The van der Waals surface area contributed by atoms with Gasteiger partial charge < -0.3 is 14.8 Å². The van der Waals surface area contributed by atoms with Crippen LogP contribution in [0.5, 0.6) is 0 Å². The van der Waals surface area contributed by atoms with E-state index in [4.69, 9.17) is 5.11 Å². The number of hydrogen-bond acceptors (Lipinski definition) is 5.